The molecule has 0 aromatic rings. The molecule has 4 heteroatoms. The van der Waals surface area contributed by atoms with Crippen LogP contribution in [0, 0.1) is 0 Å². The molecule has 0 radical (unpaired) electrons. The predicted molar refractivity (Wildman–Crippen MR) is 64.3 cm³/mol. The SMILES string of the molecule is CC1CN(CC(=O)NC(C)(C)C)C(C)CO1. The Kier molecular flexibility index (Phi) is 4.33. The summed E-state index contributed by atoms with van der Waals surface area (Å²) < 4.78 is 5.53. The highest BCUT2D eigenvalue weighted by molar-refractivity contribution is 5.78. The topological polar surface area (TPSA) is 41.6 Å². The van der Waals surface area contributed by atoms with E-state index < -0.39 is 0 Å². The van der Waals surface area contributed by atoms with Crippen LogP contribution in [0.1, 0.15) is 34.6 Å². The van der Waals surface area contributed by atoms with Gasteiger partial charge in [-0.15, -0.1) is 0 Å². The normalized spacial score (nSPS) is 27.8. The zero-order chi connectivity index (χ0) is 12.3. The molecule has 2 unspecified atom stereocenters. The van der Waals surface area contributed by atoms with Gasteiger partial charge in [0.25, 0.3) is 0 Å². The van der Waals surface area contributed by atoms with Gasteiger partial charge in [0, 0.05) is 18.1 Å². The van der Waals surface area contributed by atoms with E-state index in [1.165, 1.54) is 0 Å². The van der Waals surface area contributed by atoms with Crippen molar-refractivity contribution in [3.8, 4) is 0 Å². The second-order valence-corrected chi connectivity index (χ2v) is 5.72. The van der Waals surface area contributed by atoms with Gasteiger partial charge in [-0.3, -0.25) is 9.69 Å². The number of hydrogen-bond acceptors (Lipinski definition) is 3. The van der Waals surface area contributed by atoms with Crippen LogP contribution in [0.3, 0.4) is 0 Å². The second kappa shape index (κ2) is 5.15. The van der Waals surface area contributed by atoms with E-state index in [4.69, 9.17) is 4.74 Å². The van der Waals surface area contributed by atoms with E-state index in [0.717, 1.165) is 6.54 Å². The lowest BCUT2D eigenvalue weighted by Gasteiger charge is -2.36. The van der Waals surface area contributed by atoms with Crippen LogP contribution in [0.5, 0.6) is 0 Å². The van der Waals surface area contributed by atoms with Crippen molar-refractivity contribution in [3.05, 3.63) is 0 Å². The van der Waals surface area contributed by atoms with Gasteiger partial charge in [0.1, 0.15) is 0 Å². The summed E-state index contributed by atoms with van der Waals surface area (Å²) in [6.07, 6.45) is 0.221. The van der Waals surface area contributed by atoms with Gasteiger partial charge in [0.05, 0.1) is 19.3 Å². The molecular formula is C12H24N2O2. The summed E-state index contributed by atoms with van der Waals surface area (Å²) in [5.41, 5.74) is -0.155. The molecule has 1 amide bonds. The molecule has 0 spiro atoms. The Hall–Kier alpha value is -0.610. The van der Waals surface area contributed by atoms with Gasteiger partial charge in [-0.2, -0.15) is 0 Å². The van der Waals surface area contributed by atoms with Gasteiger partial charge in [0.15, 0.2) is 0 Å². The fraction of sp³-hybridized carbons (Fsp3) is 0.917. The van der Waals surface area contributed by atoms with Crippen molar-refractivity contribution >= 4 is 5.91 Å². The zero-order valence-electron chi connectivity index (χ0n) is 11.0. The quantitative estimate of drug-likeness (QED) is 0.767. The van der Waals surface area contributed by atoms with Crippen LogP contribution in [0.2, 0.25) is 0 Å². The molecule has 1 rings (SSSR count). The van der Waals surface area contributed by atoms with Crippen molar-refractivity contribution < 1.29 is 9.53 Å². The Morgan fingerprint density at radius 2 is 2.06 bits per heavy atom. The third-order valence-corrected chi connectivity index (χ3v) is 2.60. The van der Waals surface area contributed by atoms with Crippen LogP contribution < -0.4 is 5.32 Å². The van der Waals surface area contributed by atoms with E-state index in [9.17, 15) is 4.79 Å². The Morgan fingerprint density at radius 1 is 1.44 bits per heavy atom. The van der Waals surface area contributed by atoms with Crippen molar-refractivity contribution in [1.82, 2.24) is 10.2 Å². The number of morpholine rings is 1. The van der Waals surface area contributed by atoms with Gasteiger partial charge in [-0.1, -0.05) is 0 Å². The lowest BCUT2D eigenvalue weighted by Crippen LogP contribution is -2.53. The molecule has 0 saturated carbocycles. The van der Waals surface area contributed by atoms with E-state index in [0.29, 0.717) is 19.2 Å². The summed E-state index contributed by atoms with van der Waals surface area (Å²) >= 11 is 0. The Labute approximate surface area is 98.3 Å². The summed E-state index contributed by atoms with van der Waals surface area (Å²) in [5.74, 6) is 0.0912. The third kappa shape index (κ3) is 4.49. The van der Waals surface area contributed by atoms with Crippen molar-refractivity contribution in [2.24, 2.45) is 0 Å². The first-order chi connectivity index (χ1) is 7.28. The van der Waals surface area contributed by atoms with E-state index in [2.05, 4.69) is 17.1 Å². The Balaban J connectivity index is 2.43. The van der Waals surface area contributed by atoms with Crippen molar-refractivity contribution in [3.63, 3.8) is 0 Å². The maximum Gasteiger partial charge on any atom is 0.234 e. The maximum atomic E-state index is 11.8. The fourth-order valence-corrected chi connectivity index (χ4v) is 1.83. The number of amides is 1. The molecule has 1 aliphatic rings. The molecule has 0 aromatic heterocycles. The minimum absolute atomic E-state index is 0.0912. The lowest BCUT2D eigenvalue weighted by atomic mass is 10.1. The second-order valence-electron chi connectivity index (χ2n) is 5.72. The number of carbonyl (C=O) groups is 1. The maximum absolute atomic E-state index is 11.8. The summed E-state index contributed by atoms with van der Waals surface area (Å²) in [6, 6.07) is 0.321. The van der Waals surface area contributed by atoms with Gasteiger partial charge in [-0.25, -0.2) is 0 Å². The zero-order valence-corrected chi connectivity index (χ0v) is 11.0. The molecule has 1 heterocycles. The molecule has 0 aromatic carbocycles. The molecule has 1 fully saturated rings. The van der Waals surface area contributed by atoms with E-state index >= 15 is 0 Å². The molecule has 1 aliphatic heterocycles. The molecule has 1 N–H and O–H groups in total. The minimum Gasteiger partial charge on any atom is -0.376 e. The largest absolute Gasteiger partial charge is 0.376 e. The van der Waals surface area contributed by atoms with E-state index in [-0.39, 0.29) is 17.6 Å². The standard InChI is InChI=1S/C12H24N2O2/c1-9-8-16-10(2)6-14(9)7-11(15)13-12(3,4)5/h9-10H,6-8H2,1-5H3,(H,13,15). The number of hydrogen-bond donors (Lipinski definition) is 1. The highest BCUT2D eigenvalue weighted by Gasteiger charge is 2.26. The first-order valence-electron chi connectivity index (χ1n) is 5.94. The van der Waals surface area contributed by atoms with Crippen LogP contribution in [-0.2, 0) is 9.53 Å². The van der Waals surface area contributed by atoms with Gasteiger partial charge < -0.3 is 10.1 Å². The molecule has 1 saturated heterocycles. The third-order valence-electron chi connectivity index (χ3n) is 2.60. The van der Waals surface area contributed by atoms with Crippen molar-refractivity contribution in [2.75, 3.05) is 19.7 Å². The monoisotopic (exact) mass is 228 g/mol. The van der Waals surface area contributed by atoms with Crippen molar-refractivity contribution in [1.29, 1.82) is 0 Å². The molecule has 2 atom stereocenters. The number of carbonyl (C=O) groups excluding carboxylic acids is 1. The lowest BCUT2D eigenvalue weighted by molar-refractivity contribution is -0.127. The predicted octanol–water partition coefficient (Wildman–Crippen LogP) is 1.01. The number of nitrogens with zero attached hydrogens (tertiary/aromatic N) is 1. The fourth-order valence-electron chi connectivity index (χ4n) is 1.83. The molecule has 16 heavy (non-hydrogen) atoms. The minimum atomic E-state index is -0.155. The van der Waals surface area contributed by atoms with Crippen LogP contribution >= 0.6 is 0 Å². The van der Waals surface area contributed by atoms with Crippen LogP contribution in [0.25, 0.3) is 0 Å². The molecule has 4 nitrogen and oxygen atoms in total. The molecular weight excluding hydrogens is 204 g/mol. The highest BCUT2D eigenvalue weighted by Crippen LogP contribution is 2.10. The number of rotatable bonds is 2. The van der Waals surface area contributed by atoms with Crippen molar-refractivity contribution in [2.45, 2.75) is 52.3 Å². The number of nitrogens with one attached hydrogen (secondary N) is 1. The van der Waals surface area contributed by atoms with E-state index in [1.807, 2.05) is 27.7 Å². The first kappa shape index (κ1) is 13.5. The molecule has 0 aliphatic carbocycles. The van der Waals surface area contributed by atoms with E-state index in [1.54, 1.807) is 0 Å². The average molecular weight is 228 g/mol. The Bertz CT molecular complexity index is 248. The van der Waals surface area contributed by atoms with Crippen LogP contribution in [0.4, 0.5) is 0 Å². The van der Waals surface area contributed by atoms with Crippen LogP contribution in [0.15, 0.2) is 0 Å². The Morgan fingerprint density at radius 3 is 2.62 bits per heavy atom. The first-order valence-corrected chi connectivity index (χ1v) is 5.94. The summed E-state index contributed by atoms with van der Waals surface area (Å²) in [4.78, 5) is 14.0. The summed E-state index contributed by atoms with van der Waals surface area (Å²) in [7, 11) is 0. The van der Waals surface area contributed by atoms with Gasteiger partial charge in [0.2, 0.25) is 5.91 Å². The van der Waals surface area contributed by atoms with Crippen LogP contribution in [-0.4, -0.2) is 48.2 Å². The highest BCUT2D eigenvalue weighted by atomic mass is 16.5. The average Bonchev–Trinajstić information content (AvgIpc) is 2.08. The van der Waals surface area contributed by atoms with Gasteiger partial charge in [-0.05, 0) is 34.6 Å². The number of ether oxygens (including phenoxy) is 1. The summed E-state index contributed by atoms with van der Waals surface area (Å²) in [6.45, 7) is 12.1. The summed E-state index contributed by atoms with van der Waals surface area (Å²) in [5, 5.41) is 2.98. The smallest absolute Gasteiger partial charge is 0.234 e. The molecule has 0 bridgehead atoms. The van der Waals surface area contributed by atoms with Gasteiger partial charge >= 0.3 is 0 Å². The molecule has 94 valence electrons.